The van der Waals surface area contributed by atoms with Crippen LogP contribution in [-0.2, 0) is 4.79 Å². The largest absolute Gasteiger partial charge is 0.484 e. The summed E-state index contributed by atoms with van der Waals surface area (Å²) in [6.07, 6.45) is 1.86. The van der Waals surface area contributed by atoms with Crippen LogP contribution in [0.1, 0.15) is 29.5 Å². The van der Waals surface area contributed by atoms with Crippen molar-refractivity contribution in [1.82, 2.24) is 9.88 Å². The second-order valence-corrected chi connectivity index (χ2v) is 8.52. The lowest BCUT2D eigenvalue weighted by atomic mass is 10.1. The van der Waals surface area contributed by atoms with Gasteiger partial charge < -0.3 is 14.1 Å². The van der Waals surface area contributed by atoms with Crippen molar-refractivity contribution in [1.29, 1.82) is 0 Å². The number of carbonyl (C=O) groups is 1. The first-order chi connectivity index (χ1) is 14.6. The molecule has 7 heteroatoms. The average Bonchev–Trinajstić information content (AvgIpc) is 3.38. The summed E-state index contributed by atoms with van der Waals surface area (Å²) in [5.74, 6) is 0.433. The molecule has 1 amide bonds. The second-order valence-electron chi connectivity index (χ2n) is 7.46. The zero-order valence-corrected chi connectivity index (χ0v) is 17.3. The topological polar surface area (TPSA) is 72.6 Å². The Labute approximate surface area is 176 Å². The van der Waals surface area contributed by atoms with Gasteiger partial charge in [0, 0.05) is 24.1 Å². The minimum absolute atomic E-state index is 0.00391. The third-order valence-corrected chi connectivity index (χ3v) is 6.59. The summed E-state index contributed by atoms with van der Waals surface area (Å²) < 4.78 is 12.1. The van der Waals surface area contributed by atoms with Crippen molar-refractivity contribution in [2.75, 3.05) is 13.2 Å². The van der Waals surface area contributed by atoms with E-state index in [1.165, 1.54) is 6.07 Å². The molecule has 0 N–H and O–H groups in total. The molecule has 1 saturated heterocycles. The van der Waals surface area contributed by atoms with Crippen LogP contribution < -0.4 is 10.4 Å². The minimum Gasteiger partial charge on any atom is -0.484 e. The van der Waals surface area contributed by atoms with Crippen LogP contribution in [0.15, 0.2) is 57.7 Å². The fraction of sp³-hybridized carbons (Fsp3) is 0.261. The van der Waals surface area contributed by atoms with Crippen LogP contribution in [0.3, 0.4) is 0 Å². The molecule has 0 saturated carbocycles. The van der Waals surface area contributed by atoms with Gasteiger partial charge in [-0.25, -0.2) is 9.78 Å². The number of thiazole rings is 1. The number of hydrogen-bond donors (Lipinski definition) is 0. The molecule has 3 heterocycles. The van der Waals surface area contributed by atoms with Crippen LogP contribution >= 0.6 is 11.3 Å². The molecule has 6 nitrogen and oxygen atoms in total. The Hall–Kier alpha value is -3.19. The molecule has 4 aromatic rings. The lowest BCUT2D eigenvalue weighted by Crippen LogP contribution is -2.34. The number of aryl methyl sites for hydroxylation is 1. The van der Waals surface area contributed by atoms with Crippen molar-refractivity contribution in [2.45, 2.75) is 25.8 Å². The van der Waals surface area contributed by atoms with E-state index >= 15 is 0 Å². The Morgan fingerprint density at radius 1 is 1.27 bits per heavy atom. The van der Waals surface area contributed by atoms with Gasteiger partial charge in [-0.05, 0) is 49.6 Å². The number of ether oxygens (including phenoxy) is 1. The van der Waals surface area contributed by atoms with Crippen molar-refractivity contribution in [2.24, 2.45) is 0 Å². The van der Waals surface area contributed by atoms with Crippen molar-refractivity contribution >= 4 is 38.4 Å². The van der Waals surface area contributed by atoms with Gasteiger partial charge in [-0.1, -0.05) is 12.1 Å². The number of rotatable bonds is 4. The van der Waals surface area contributed by atoms with E-state index in [4.69, 9.17) is 14.1 Å². The van der Waals surface area contributed by atoms with Crippen LogP contribution in [0.4, 0.5) is 0 Å². The summed E-state index contributed by atoms with van der Waals surface area (Å²) in [4.78, 5) is 31.1. The van der Waals surface area contributed by atoms with Gasteiger partial charge in [0.15, 0.2) is 6.61 Å². The highest BCUT2D eigenvalue weighted by Crippen LogP contribution is 2.36. The van der Waals surface area contributed by atoms with E-state index in [1.54, 1.807) is 23.5 Å². The first kappa shape index (κ1) is 18.8. The lowest BCUT2D eigenvalue weighted by Gasteiger charge is -2.23. The molecule has 152 valence electrons. The van der Waals surface area contributed by atoms with Crippen molar-refractivity contribution in [3.05, 3.63) is 69.5 Å². The molecule has 1 aliphatic heterocycles. The van der Waals surface area contributed by atoms with E-state index in [9.17, 15) is 9.59 Å². The maximum absolute atomic E-state index is 12.9. The van der Waals surface area contributed by atoms with Gasteiger partial charge in [-0.15, -0.1) is 11.3 Å². The number of amides is 1. The molecule has 1 atom stereocenters. The van der Waals surface area contributed by atoms with Crippen molar-refractivity contribution in [3.63, 3.8) is 0 Å². The Kier molecular flexibility index (Phi) is 4.75. The Bertz CT molecular complexity index is 1280. The third kappa shape index (κ3) is 3.45. The molecule has 2 aromatic heterocycles. The van der Waals surface area contributed by atoms with E-state index in [-0.39, 0.29) is 18.6 Å². The molecular weight excluding hydrogens is 400 g/mol. The number of nitrogens with zero attached hydrogens (tertiary/aromatic N) is 2. The molecule has 1 aliphatic rings. The van der Waals surface area contributed by atoms with Gasteiger partial charge in [0.05, 0.1) is 16.3 Å². The van der Waals surface area contributed by atoms with Gasteiger partial charge in [-0.3, -0.25) is 4.79 Å². The van der Waals surface area contributed by atoms with Gasteiger partial charge >= 0.3 is 5.63 Å². The summed E-state index contributed by atoms with van der Waals surface area (Å²) in [5, 5.41) is 1.83. The first-order valence-electron chi connectivity index (χ1n) is 9.91. The summed E-state index contributed by atoms with van der Waals surface area (Å²) in [5.41, 5.74) is 1.88. The van der Waals surface area contributed by atoms with Gasteiger partial charge in [0.2, 0.25) is 0 Å². The highest BCUT2D eigenvalue weighted by atomic mass is 32.1. The fourth-order valence-electron chi connectivity index (χ4n) is 3.98. The van der Waals surface area contributed by atoms with E-state index in [0.717, 1.165) is 39.0 Å². The highest BCUT2D eigenvalue weighted by Gasteiger charge is 2.32. The third-order valence-electron chi connectivity index (χ3n) is 5.45. The van der Waals surface area contributed by atoms with Crippen molar-refractivity contribution in [3.8, 4) is 5.75 Å². The molecular formula is C23H20N2O4S. The maximum Gasteiger partial charge on any atom is 0.336 e. The normalized spacial score (nSPS) is 16.4. The monoisotopic (exact) mass is 420 g/mol. The van der Waals surface area contributed by atoms with E-state index < -0.39 is 5.63 Å². The lowest BCUT2D eigenvalue weighted by molar-refractivity contribution is -0.134. The number of fused-ring (bicyclic) bond motifs is 2. The molecule has 30 heavy (non-hydrogen) atoms. The van der Waals surface area contributed by atoms with E-state index in [0.29, 0.717) is 17.9 Å². The quantitative estimate of drug-likeness (QED) is 0.456. The Morgan fingerprint density at radius 2 is 2.13 bits per heavy atom. The molecule has 1 fully saturated rings. The molecule has 2 aromatic carbocycles. The molecule has 0 radical (unpaired) electrons. The standard InChI is InChI=1S/C23H20N2O4S/c1-14-11-22(27)29-19-12-15(8-9-16(14)19)28-13-21(26)25-10-4-6-18(25)23-24-17-5-2-3-7-20(17)30-23/h2-3,5,7-9,11-12,18H,4,6,10,13H2,1H3/t18-/m0/s1. The highest BCUT2D eigenvalue weighted by molar-refractivity contribution is 7.18. The van der Waals surface area contributed by atoms with Crippen LogP contribution in [0.2, 0.25) is 0 Å². The summed E-state index contributed by atoms with van der Waals surface area (Å²) in [6, 6.07) is 14.8. The Balaban J connectivity index is 1.32. The number of aromatic nitrogens is 1. The molecule has 0 unspecified atom stereocenters. The Morgan fingerprint density at radius 3 is 3.00 bits per heavy atom. The van der Waals surface area contributed by atoms with Crippen molar-refractivity contribution < 1.29 is 13.9 Å². The van der Waals surface area contributed by atoms with E-state index in [2.05, 4.69) is 6.07 Å². The summed E-state index contributed by atoms with van der Waals surface area (Å²) in [7, 11) is 0. The molecule has 0 bridgehead atoms. The van der Waals surface area contributed by atoms with Gasteiger partial charge in [-0.2, -0.15) is 0 Å². The molecule has 5 rings (SSSR count). The van der Waals surface area contributed by atoms with Crippen LogP contribution in [0.5, 0.6) is 5.75 Å². The van der Waals surface area contributed by atoms with E-state index in [1.807, 2.05) is 36.1 Å². The van der Waals surface area contributed by atoms with Crippen LogP contribution in [-0.4, -0.2) is 28.9 Å². The maximum atomic E-state index is 12.9. The van der Waals surface area contributed by atoms with Crippen LogP contribution in [0, 0.1) is 6.92 Å². The SMILES string of the molecule is Cc1cc(=O)oc2cc(OCC(=O)N3CCC[C@H]3c3nc4ccccc4s3)ccc12. The average molecular weight is 420 g/mol. The number of benzene rings is 2. The van der Waals surface area contributed by atoms with Gasteiger partial charge in [0.1, 0.15) is 16.3 Å². The fourth-order valence-corrected chi connectivity index (χ4v) is 5.09. The predicted octanol–water partition coefficient (Wildman–Crippen LogP) is 4.45. The number of likely N-dealkylation sites (tertiary alicyclic amines) is 1. The number of carbonyl (C=O) groups excluding carboxylic acids is 1. The summed E-state index contributed by atoms with van der Waals surface area (Å²) in [6.45, 7) is 2.50. The first-order valence-corrected chi connectivity index (χ1v) is 10.7. The molecule has 0 spiro atoms. The molecule has 0 aliphatic carbocycles. The smallest absolute Gasteiger partial charge is 0.336 e. The zero-order valence-electron chi connectivity index (χ0n) is 16.5. The van der Waals surface area contributed by atoms with Crippen LogP contribution in [0.25, 0.3) is 21.2 Å². The number of para-hydroxylation sites is 1. The zero-order chi connectivity index (χ0) is 20.7. The minimum atomic E-state index is -0.399. The predicted molar refractivity (Wildman–Crippen MR) is 116 cm³/mol. The van der Waals surface area contributed by atoms with Gasteiger partial charge in [0.25, 0.3) is 5.91 Å². The second kappa shape index (κ2) is 7.57. The number of hydrogen-bond acceptors (Lipinski definition) is 6. The summed E-state index contributed by atoms with van der Waals surface area (Å²) >= 11 is 1.65.